The monoisotopic (exact) mass is 589 g/mol. The smallest absolute Gasteiger partial charge is 0.264 e. The number of hydrogen-bond donors (Lipinski definition) is 1. The van der Waals surface area contributed by atoms with Crippen molar-refractivity contribution in [1.29, 1.82) is 0 Å². The summed E-state index contributed by atoms with van der Waals surface area (Å²) < 4.78 is 28.7. The van der Waals surface area contributed by atoms with Crippen molar-refractivity contribution in [3.8, 4) is 0 Å². The second-order valence-corrected chi connectivity index (χ2v) is 12.1. The van der Waals surface area contributed by atoms with E-state index >= 15 is 0 Å². The zero-order valence-corrected chi connectivity index (χ0v) is 24.7. The average molecular weight is 591 g/mol. The quantitative estimate of drug-likeness (QED) is 0.305. The van der Waals surface area contributed by atoms with Crippen molar-refractivity contribution in [2.24, 2.45) is 0 Å². The molecule has 2 amide bonds. The molecular formula is C29H33Cl2N3O4S. The lowest BCUT2D eigenvalue weighted by atomic mass is 10.1. The standard InChI is InChI=1S/C29H33Cl2N3O4S/c1-5-21(3)32-29(36)22(4)33(18-23-8-6-7-9-27(23)31)28(35)19-34(25-14-12-24(30)13-15-25)39(37,38)26-16-10-20(2)11-17-26/h6-17,21-22H,5,18-19H2,1-4H3,(H,32,36)/t21-,22-/m0/s1. The zero-order chi connectivity index (χ0) is 28.7. The van der Waals surface area contributed by atoms with E-state index in [4.69, 9.17) is 23.2 Å². The van der Waals surface area contributed by atoms with Gasteiger partial charge in [0.05, 0.1) is 10.6 Å². The van der Waals surface area contributed by atoms with Gasteiger partial charge in [-0.05, 0) is 75.2 Å². The fourth-order valence-electron chi connectivity index (χ4n) is 3.83. The third-order valence-electron chi connectivity index (χ3n) is 6.47. The lowest BCUT2D eigenvalue weighted by molar-refractivity contribution is -0.139. The first-order valence-electron chi connectivity index (χ1n) is 12.6. The van der Waals surface area contributed by atoms with Crippen LogP contribution in [0.1, 0.15) is 38.3 Å². The van der Waals surface area contributed by atoms with Crippen LogP contribution in [-0.2, 0) is 26.2 Å². The highest BCUT2D eigenvalue weighted by atomic mass is 35.5. The number of halogens is 2. The second-order valence-electron chi connectivity index (χ2n) is 9.41. The highest BCUT2D eigenvalue weighted by Gasteiger charge is 2.33. The molecule has 3 aromatic carbocycles. The van der Waals surface area contributed by atoms with Crippen molar-refractivity contribution in [3.63, 3.8) is 0 Å². The van der Waals surface area contributed by atoms with E-state index in [0.29, 0.717) is 15.6 Å². The summed E-state index contributed by atoms with van der Waals surface area (Å²) in [6, 6.07) is 18.6. The van der Waals surface area contributed by atoms with E-state index in [1.54, 1.807) is 67.6 Å². The first-order valence-corrected chi connectivity index (χ1v) is 14.8. The summed E-state index contributed by atoms with van der Waals surface area (Å²) >= 11 is 12.4. The number of sulfonamides is 1. The summed E-state index contributed by atoms with van der Waals surface area (Å²) in [6.45, 7) is 6.78. The van der Waals surface area contributed by atoms with Gasteiger partial charge in [0.1, 0.15) is 12.6 Å². The first-order chi connectivity index (χ1) is 18.4. The van der Waals surface area contributed by atoms with Gasteiger partial charge in [0.25, 0.3) is 10.0 Å². The fraction of sp³-hybridized carbons (Fsp3) is 0.310. The molecule has 2 atom stereocenters. The number of rotatable bonds is 11. The van der Waals surface area contributed by atoms with E-state index in [-0.39, 0.29) is 29.1 Å². The fourth-order valence-corrected chi connectivity index (χ4v) is 5.57. The second kappa shape index (κ2) is 13.3. The Morgan fingerprint density at radius 3 is 2.13 bits per heavy atom. The van der Waals surface area contributed by atoms with Crippen LogP contribution in [0.15, 0.2) is 77.7 Å². The number of anilines is 1. The number of nitrogens with one attached hydrogen (secondary N) is 1. The SMILES string of the molecule is CC[C@H](C)NC(=O)[C@H](C)N(Cc1ccccc1Cl)C(=O)CN(c1ccc(Cl)cc1)S(=O)(=O)c1ccc(C)cc1. The van der Waals surface area contributed by atoms with Crippen LogP contribution in [0, 0.1) is 6.92 Å². The van der Waals surface area contributed by atoms with Gasteiger partial charge in [0.15, 0.2) is 0 Å². The van der Waals surface area contributed by atoms with Gasteiger partial charge >= 0.3 is 0 Å². The molecule has 39 heavy (non-hydrogen) atoms. The third-order valence-corrected chi connectivity index (χ3v) is 8.88. The van der Waals surface area contributed by atoms with Gasteiger partial charge in [-0.2, -0.15) is 0 Å². The molecule has 0 radical (unpaired) electrons. The molecule has 1 N–H and O–H groups in total. The van der Waals surface area contributed by atoms with Crippen LogP contribution in [0.25, 0.3) is 0 Å². The summed E-state index contributed by atoms with van der Waals surface area (Å²) in [6.07, 6.45) is 0.718. The van der Waals surface area contributed by atoms with Gasteiger partial charge < -0.3 is 10.2 Å². The van der Waals surface area contributed by atoms with Crippen LogP contribution < -0.4 is 9.62 Å². The Bertz CT molecular complexity index is 1400. The minimum absolute atomic E-state index is 0.0205. The number of hydrogen-bond acceptors (Lipinski definition) is 4. The van der Waals surface area contributed by atoms with Gasteiger partial charge in [0, 0.05) is 22.6 Å². The molecule has 0 fully saturated rings. The van der Waals surface area contributed by atoms with E-state index in [1.165, 1.54) is 17.0 Å². The molecule has 0 aliphatic carbocycles. The minimum Gasteiger partial charge on any atom is -0.352 e. The highest BCUT2D eigenvalue weighted by molar-refractivity contribution is 7.92. The molecule has 208 valence electrons. The maximum Gasteiger partial charge on any atom is 0.264 e. The van der Waals surface area contributed by atoms with Crippen molar-refractivity contribution >= 4 is 50.7 Å². The molecule has 10 heteroatoms. The lowest BCUT2D eigenvalue weighted by Crippen LogP contribution is -2.52. The van der Waals surface area contributed by atoms with E-state index in [0.717, 1.165) is 16.3 Å². The van der Waals surface area contributed by atoms with Crippen molar-refractivity contribution in [2.45, 2.75) is 57.6 Å². The summed E-state index contributed by atoms with van der Waals surface area (Å²) in [5, 5.41) is 3.77. The Hall–Kier alpha value is -3.07. The molecule has 7 nitrogen and oxygen atoms in total. The normalized spacial score (nSPS) is 12.9. The third kappa shape index (κ3) is 7.75. The van der Waals surface area contributed by atoms with Crippen molar-refractivity contribution < 1.29 is 18.0 Å². The number of carbonyl (C=O) groups excluding carboxylic acids is 2. The lowest BCUT2D eigenvalue weighted by Gasteiger charge is -2.32. The largest absolute Gasteiger partial charge is 0.352 e. The maximum atomic E-state index is 13.9. The summed E-state index contributed by atoms with van der Waals surface area (Å²) in [5.41, 5.74) is 1.80. The van der Waals surface area contributed by atoms with E-state index in [9.17, 15) is 18.0 Å². The van der Waals surface area contributed by atoms with E-state index in [2.05, 4.69) is 5.32 Å². The number of amides is 2. The molecule has 0 heterocycles. The van der Waals surface area contributed by atoms with Crippen LogP contribution in [0.3, 0.4) is 0 Å². The van der Waals surface area contributed by atoms with Gasteiger partial charge in [-0.15, -0.1) is 0 Å². The van der Waals surface area contributed by atoms with Gasteiger partial charge in [-0.25, -0.2) is 8.42 Å². The zero-order valence-electron chi connectivity index (χ0n) is 22.4. The Labute approximate surface area is 240 Å². The first kappa shape index (κ1) is 30.5. The molecule has 3 rings (SSSR count). The van der Waals surface area contributed by atoms with Crippen LogP contribution >= 0.6 is 23.2 Å². The van der Waals surface area contributed by atoms with Crippen molar-refractivity contribution in [2.75, 3.05) is 10.8 Å². The molecule has 3 aromatic rings. The maximum absolute atomic E-state index is 13.9. The van der Waals surface area contributed by atoms with Gasteiger partial charge in [0.2, 0.25) is 11.8 Å². The summed E-state index contributed by atoms with van der Waals surface area (Å²) in [7, 11) is -4.15. The van der Waals surface area contributed by atoms with Crippen LogP contribution in [0.2, 0.25) is 10.0 Å². The number of aryl methyl sites for hydroxylation is 1. The number of carbonyl (C=O) groups is 2. The molecule has 0 spiro atoms. The topological polar surface area (TPSA) is 86.8 Å². The predicted octanol–water partition coefficient (Wildman–Crippen LogP) is 5.83. The molecule has 0 aliphatic rings. The van der Waals surface area contributed by atoms with Gasteiger partial charge in [-0.1, -0.05) is 66.0 Å². The predicted molar refractivity (Wildman–Crippen MR) is 157 cm³/mol. The van der Waals surface area contributed by atoms with Gasteiger partial charge in [-0.3, -0.25) is 13.9 Å². The minimum atomic E-state index is -4.15. The van der Waals surface area contributed by atoms with Crippen LogP contribution in [0.5, 0.6) is 0 Å². The molecule has 0 unspecified atom stereocenters. The Balaban J connectivity index is 2.03. The van der Waals surface area contributed by atoms with Crippen LogP contribution in [0.4, 0.5) is 5.69 Å². The Morgan fingerprint density at radius 2 is 1.54 bits per heavy atom. The Morgan fingerprint density at radius 1 is 0.923 bits per heavy atom. The van der Waals surface area contributed by atoms with Crippen LogP contribution in [-0.4, -0.2) is 43.8 Å². The molecule has 0 saturated heterocycles. The molecule has 0 aliphatic heterocycles. The number of nitrogens with zero attached hydrogens (tertiary/aromatic N) is 2. The molecule has 0 saturated carbocycles. The molecule has 0 aromatic heterocycles. The molecular weight excluding hydrogens is 557 g/mol. The highest BCUT2D eigenvalue weighted by Crippen LogP contribution is 2.27. The number of benzene rings is 3. The summed E-state index contributed by atoms with van der Waals surface area (Å²) in [4.78, 5) is 28.4. The van der Waals surface area contributed by atoms with Crippen molar-refractivity contribution in [1.82, 2.24) is 10.2 Å². The Kier molecular flexibility index (Phi) is 10.4. The average Bonchev–Trinajstić information content (AvgIpc) is 2.91. The summed E-state index contributed by atoms with van der Waals surface area (Å²) in [5.74, 6) is -0.906. The van der Waals surface area contributed by atoms with E-state index in [1.807, 2.05) is 20.8 Å². The molecule has 0 bridgehead atoms. The van der Waals surface area contributed by atoms with Crippen molar-refractivity contribution in [3.05, 3.63) is 94.0 Å². The van der Waals surface area contributed by atoms with E-state index < -0.39 is 28.5 Å².